The van der Waals surface area contributed by atoms with E-state index < -0.39 is 15.8 Å². The summed E-state index contributed by atoms with van der Waals surface area (Å²) in [6.07, 6.45) is 2.29. The number of hydrogen-bond acceptors (Lipinski definition) is 4. The van der Waals surface area contributed by atoms with E-state index in [-0.39, 0.29) is 18.3 Å². The molecular weight excluding hydrogens is 371 g/mol. The van der Waals surface area contributed by atoms with E-state index in [0.29, 0.717) is 37.2 Å². The average Bonchev–Trinajstić information content (AvgIpc) is 3.06. The number of amides is 1. The molecule has 1 N–H and O–H groups in total. The number of carbonyl (C=O) groups excluding carboxylic acids is 1. The smallest absolute Gasteiger partial charge is 0.251 e. The molecule has 0 saturated carbocycles. The lowest BCUT2D eigenvalue weighted by atomic mass is 10.1. The predicted octanol–water partition coefficient (Wildman–Crippen LogP) is 2.35. The fraction of sp³-hybridized carbons (Fsp3) is 0.316. The molecule has 0 fully saturated rings. The lowest BCUT2D eigenvalue weighted by Gasteiger charge is -2.16. The second-order valence-corrected chi connectivity index (χ2v) is 8.22. The van der Waals surface area contributed by atoms with Crippen LogP contribution < -0.4 is 14.4 Å². The number of nitrogens with zero attached hydrogens (tertiary/aromatic N) is 1. The molecule has 1 amide bonds. The zero-order valence-electron chi connectivity index (χ0n) is 14.9. The highest BCUT2D eigenvalue weighted by atomic mass is 32.2. The molecule has 3 rings (SSSR count). The van der Waals surface area contributed by atoms with Crippen LogP contribution in [0.15, 0.2) is 42.5 Å². The Bertz CT molecular complexity index is 946. The van der Waals surface area contributed by atoms with Gasteiger partial charge in [-0.15, -0.1) is 0 Å². The van der Waals surface area contributed by atoms with Crippen molar-refractivity contribution in [2.24, 2.45) is 0 Å². The molecule has 0 radical (unpaired) electrons. The Labute approximate surface area is 158 Å². The van der Waals surface area contributed by atoms with Crippen LogP contribution in [0.4, 0.5) is 10.1 Å². The fourth-order valence-electron chi connectivity index (χ4n) is 2.98. The minimum Gasteiger partial charge on any atom is -0.490 e. The number of halogens is 1. The Morgan fingerprint density at radius 3 is 2.78 bits per heavy atom. The molecule has 2 aromatic carbocycles. The maximum Gasteiger partial charge on any atom is 0.251 e. The van der Waals surface area contributed by atoms with Crippen molar-refractivity contribution in [3.8, 4) is 5.75 Å². The number of ether oxygens (including phenoxy) is 1. The second kappa shape index (κ2) is 7.96. The Kier molecular flexibility index (Phi) is 5.65. The van der Waals surface area contributed by atoms with E-state index in [2.05, 4.69) is 5.32 Å². The summed E-state index contributed by atoms with van der Waals surface area (Å²) >= 11 is 0. The third kappa shape index (κ3) is 4.57. The number of sulfonamides is 1. The Hall–Kier alpha value is -2.61. The summed E-state index contributed by atoms with van der Waals surface area (Å²) in [4.78, 5) is 12.3. The Morgan fingerprint density at radius 2 is 2.04 bits per heavy atom. The van der Waals surface area contributed by atoms with Gasteiger partial charge in [-0.05, 0) is 48.7 Å². The fourth-order valence-corrected chi connectivity index (χ4v) is 3.94. The van der Waals surface area contributed by atoms with E-state index in [1.807, 2.05) is 0 Å². The van der Waals surface area contributed by atoms with Crippen molar-refractivity contribution < 1.29 is 22.3 Å². The topological polar surface area (TPSA) is 75.7 Å². The molecule has 6 nitrogen and oxygen atoms in total. The van der Waals surface area contributed by atoms with Crippen molar-refractivity contribution in [3.05, 3.63) is 59.4 Å². The van der Waals surface area contributed by atoms with E-state index in [1.165, 1.54) is 16.6 Å². The van der Waals surface area contributed by atoms with Gasteiger partial charge < -0.3 is 10.1 Å². The summed E-state index contributed by atoms with van der Waals surface area (Å²) in [5.74, 6) is -0.456. The maximum absolute atomic E-state index is 13.4. The molecule has 1 heterocycles. The van der Waals surface area contributed by atoms with Crippen molar-refractivity contribution in [1.82, 2.24) is 5.32 Å². The largest absolute Gasteiger partial charge is 0.490 e. The van der Waals surface area contributed by atoms with Crippen LogP contribution in [0, 0.1) is 5.82 Å². The molecule has 0 unspecified atom stereocenters. The lowest BCUT2D eigenvalue weighted by Crippen LogP contribution is -2.27. The normalized spacial score (nSPS) is 13.3. The molecule has 8 heteroatoms. The van der Waals surface area contributed by atoms with Crippen LogP contribution in [0.2, 0.25) is 0 Å². The number of nitrogens with one attached hydrogen (secondary N) is 1. The van der Waals surface area contributed by atoms with Crippen LogP contribution >= 0.6 is 0 Å². The van der Waals surface area contributed by atoms with Gasteiger partial charge in [-0.1, -0.05) is 12.1 Å². The first-order valence-electron chi connectivity index (χ1n) is 8.62. The molecule has 144 valence electrons. The summed E-state index contributed by atoms with van der Waals surface area (Å²) in [6.45, 7) is 1.07. The SMILES string of the molecule is CS(=O)(=O)N1CCc2cc(C(=O)NCCCOc3ccccc3F)ccc21. The molecule has 0 spiro atoms. The van der Waals surface area contributed by atoms with Gasteiger partial charge >= 0.3 is 0 Å². The molecule has 1 aliphatic heterocycles. The molecule has 0 saturated heterocycles. The van der Waals surface area contributed by atoms with E-state index >= 15 is 0 Å². The van der Waals surface area contributed by atoms with Gasteiger partial charge in [0.25, 0.3) is 5.91 Å². The predicted molar refractivity (Wildman–Crippen MR) is 101 cm³/mol. The number of carbonyl (C=O) groups is 1. The Morgan fingerprint density at radius 1 is 1.26 bits per heavy atom. The highest BCUT2D eigenvalue weighted by molar-refractivity contribution is 7.92. The van der Waals surface area contributed by atoms with Crippen molar-refractivity contribution >= 4 is 21.6 Å². The number of para-hydroxylation sites is 1. The van der Waals surface area contributed by atoms with Gasteiger partial charge in [-0.3, -0.25) is 9.10 Å². The zero-order chi connectivity index (χ0) is 19.4. The number of benzene rings is 2. The van der Waals surface area contributed by atoms with Crippen molar-refractivity contribution in [1.29, 1.82) is 0 Å². The van der Waals surface area contributed by atoms with Crippen LogP contribution in [0.5, 0.6) is 5.75 Å². The van der Waals surface area contributed by atoms with E-state index in [9.17, 15) is 17.6 Å². The number of hydrogen-bond donors (Lipinski definition) is 1. The molecular formula is C19H21FN2O4S. The monoisotopic (exact) mass is 392 g/mol. The molecule has 1 aliphatic rings. The van der Waals surface area contributed by atoms with Gasteiger partial charge in [0.15, 0.2) is 11.6 Å². The Balaban J connectivity index is 1.50. The van der Waals surface area contributed by atoms with Crippen LogP contribution in [0.25, 0.3) is 0 Å². The van der Waals surface area contributed by atoms with Crippen LogP contribution in [-0.2, 0) is 16.4 Å². The first-order chi connectivity index (χ1) is 12.9. The minimum atomic E-state index is -3.30. The number of rotatable bonds is 7. The summed E-state index contributed by atoms with van der Waals surface area (Å²) in [6, 6.07) is 11.2. The highest BCUT2D eigenvalue weighted by Crippen LogP contribution is 2.30. The van der Waals surface area contributed by atoms with Crippen LogP contribution in [0.1, 0.15) is 22.3 Å². The van der Waals surface area contributed by atoms with Gasteiger partial charge in [-0.2, -0.15) is 0 Å². The number of anilines is 1. The van der Waals surface area contributed by atoms with Gasteiger partial charge in [-0.25, -0.2) is 12.8 Å². The molecule has 27 heavy (non-hydrogen) atoms. The van der Waals surface area contributed by atoms with E-state index in [4.69, 9.17) is 4.74 Å². The van der Waals surface area contributed by atoms with E-state index in [1.54, 1.807) is 36.4 Å². The van der Waals surface area contributed by atoms with Crippen LogP contribution in [0.3, 0.4) is 0 Å². The third-order valence-corrected chi connectivity index (χ3v) is 5.48. The molecule has 0 bridgehead atoms. The summed E-state index contributed by atoms with van der Waals surface area (Å²) in [7, 11) is -3.30. The third-order valence-electron chi connectivity index (χ3n) is 4.30. The number of fused-ring (bicyclic) bond motifs is 1. The highest BCUT2D eigenvalue weighted by Gasteiger charge is 2.26. The summed E-state index contributed by atoms with van der Waals surface area (Å²) < 4.78 is 43.6. The van der Waals surface area contributed by atoms with Crippen LogP contribution in [-0.4, -0.2) is 40.3 Å². The quantitative estimate of drug-likeness (QED) is 0.734. The molecule has 0 aliphatic carbocycles. The van der Waals surface area contributed by atoms with Gasteiger partial charge in [0.05, 0.1) is 18.6 Å². The first kappa shape index (κ1) is 19.2. The second-order valence-electron chi connectivity index (χ2n) is 6.32. The van der Waals surface area contributed by atoms with Crippen molar-refractivity contribution in [2.45, 2.75) is 12.8 Å². The summed E-state index contributed by atoms with van der Waals surface area (Å²) in [5, 5.41) is 2.79. The molecule has 2 aromatic rings. The lowest BCUT2D eigenvalue weighted by molar-refractivity contribution is 0.0951. The van der Waals surface area contributed by atoms with Gasteiger partial charge in [0, 0.05) is 18.7 Å². The van der Waals surface area contributed by atoms with Gasteiger partial charge in [0.2, 0.25) is 10.0 Å². The molecule has 0 aromatic heterocycles. The molecule has 0 atom stereocenters. The maximum atomic E-state index is 13.4. The summed E-state index contributed by atoms with van der Waals surface area (Å²) in [5.41, 5.74) is 1.96. The standard InChI is InChI=1S/C19H21FN2O4S/c1-27(24,25)22-11-9-14-13-15(7-8-17(14)22)19(23)21-10-4-12-26-18-6-3-2-5-16(18)20/h2-3,5-8,13H,4,9-12H2,1H3,(H,21,23). The van der Waals surface area contributed by atoms with Crippen molar-refractivity contribution in [2.75, 3.05) is 30.3 Å². The van der Waals surface area contributed by atoms with Gasteiger partial charge in [0.1, 0.15) is 0 Å². The van der Waals surface area contributed by atoms with Crippen molar-refractivity contribution in [3.63, 3.8) is 0 Å². The average molecular weight is 392 g/mol. The zero-order valence-corrected chi connectivity index (χ0v) is 15.8. The first-order valence-corrected chi connectivity index (χ1v) is 10.5. The van der Waals surface area contributed by atoms with E-state index in [0.717, 1.165) is 5.56 Å². The minimum absolute atomic E-state index is 0.192.